The number of thioether (sulfide) groups is 1. The van der Waals surface area contributed by atoms with Crippen LogP contribution < -0.4 is 21.5 Å². The normalized spacial score (nSPS) is 14.7. The number of carbonyl (C=O) groups excluding carboxylic acids is 2. The highest BCUT2D eigenvalue weighted by Crippen LogP contribution is 2.53. The Morgan fingerprint density at radius 3 is 2.21 bits per heavy atom. The molecular weight excluding hydrogens is 693 g/mol. The molecule has 1 N–H and O–H groups in total. The van der Waals surface area contributed by atoms with Gasteiger partial charge in [-0.15, -0.1) is 0 Å². The van der Waals surface area contributed by atoms with Crippen molar-refractivity contribution in [2.75, 3.05) is 22.2 Å². The number of carbonyl (C=O) groups is 2. The Balaban J connectivity index is 1.68. The minimum atomic E-state index is -6.42. The summed E-state index contributed by atoms with van der Waals surface area (Å²) in [6.07, 6.45) is -11.0. The second-order valence-electron chi connectivity index (χ2n) is 11.1. The largest absolute Gasteiger partial charge is 0.435 e. The minimum Gasteiger partial charge on any atom is -0.320 e. The zero-order chi connectivity index (χ0) is 35.5. The van der Waals surface area contributed by atoms with Gasteiger partial charge in [-0.25, -0.2) is 9.18 Å². The number of hydrogen-bond donors (Lipinski definition) is 1. The van der Waals surface area contributed by atoms with E-state index in [1.54, 1.807) is 6.92 Å². The molecule has 254 valence electrons. The molecule has 0 aliphatic carbocycles. The number of rotatable bonds is 6. The molecule has 17 heteroatoms. The number of fused-ring (bicyclic) bond motifs is 3. The summed E-state index contributed by atoms with van der Waals surface area (Å²) in [6.45, 7) is 1.18. The number of aromatic nitrogens is 2. The number of benzene rings is 3. The van der Waals surface area contributed by atoms with Gasteiger partial charge in [0.2, 0.25) is 0 Å². The Bertz CT molecular complexity index is 2080. The van der Waals surface area contributed by atoms with E-state index in [1.165, 1.54) is 53.1 Å². The van der Waals surface area contributed by atoms with Crippen molar-refractivity contribution in [3.63, 3.8) is 0 Å². The zero-order valence-electron chi connectivity index (χ0n) is 25.1. The number of nitrogens with one attached hydrogen (secondary N) is 1. The van der Waals surface area contributed by atoms with Crippen molar-refractivity contribution in [1.82, 2.24) is 9.13 Å². The van der Waals surface area contributed by atoms with Crippen LogP contribution in [0.2, 0.25) is 5.02 Å². The summed E-state index contributed by atoms with van der Waals surface area (Å²) >= 11 is 7.80. The number of hydrogen-bond acceptors (Lipinski definition) is 5. The van der Waals surface area contributed by atoms with Crippen molar-refractivity contribution in [3.05, 3.63) is 103 Å². The third kappa shape index (κ3) is 5.63. The number of nitrogens with zero attached hydrogens (tertiary/aromatic N) is 3. The summed E-state index contributed by atoms with van der Waals surface area (Å²) in [5.41, 5.74) is -9.76. The van der Waals surface area contributed by atoms with E-state index in [1.807, 2.05) is 6.26 Å². The maximum atomic E-state index is 14.9. The monoisotopic (exact) mass is 716 g/mol. The summed E-state index contributed by atoms with van der Waals surface area (Å²) < 4.78 is 97.2. The van der Waals surface area contributed by atoms with E-state index in [2.05, 4.69) is 5.32 Å². The first-order valence-corrected chi connectivity index (χ1v) is 15.7. The van der Waals surface area contributed by atoms with Crippen molar-refractivity contribution in [2.45, 2.75) is 37.5 Å². The van der Waals surface area contributed by atoms with E-state index in [-0.39, 0.29) is 50.7 Å². The van der Waals surface area contributed by atoms with Gasteiger partial charge in [-0.05, 0) is 55.1 Å². The van der Waals surface area contributed by atoms with E-state index in [9.17, 15) is 49.9 Å². The van der Waals surface area contributed by atoms with Gasteiger partial charge >= 0.3 is 23.7 Å². The number of amides is 2. The van der Waals surface area contributed by atoms with Crippen LogP contribution in [-0.4, -0.2) is 51.4 Å². The van der Waals surface area contributed by atoms with Gasteiger partial charge in [0.05, 0.1) is 45.0 Å². The summed E-state index contributed by atoms with van der Waals surface area (Å²) in [6, 6.07) is 9.16. The van der Waals surface area contributed by atoms with Gasteiger partial charge < -0.3 is 10.2 Å². The van der Waals surface area contributed by atoms with Crippen LogP contribution in [0, 0.1) is 0 Å². The molecule has 0 saturated heterocycles. The average Bonchev–Trinajstić information content (AvgIpc) is 3.00. The standard InChI is InChI=1S/C31H24ClF7N4O4S/c1-15(14-48-3)43-23-11-16(7-9-21(23)40-25(44)18-5-4-6-20(32)24(18)27(43)46)13-42-26(45)19-12-17(8-10-22(19)41(2)28(42)47)29(33,30(34,35)36)31(37,38)39/h4-12,15H,13-14H2,1-3H3,(H,40,44)/t15-/m0/s1. The molecule has 0 radical (unpaired) electrons. The lowest BCUT2D eigenvalue weighted by atomic mass is 9.93. The van der Waals surface area contributed by atoms with Gasteiger partial charge in [0, 0.05) is 24.4 Å². The van der Waals surface area contributed by atoms with Crippen molar-refractivity contribution in [2.24, 2.45) is 7.05 Å². The van der Waals surface area contributed by atoms with E-state index in [4.69, 9.17) is 11.6 Å². The summed E-state index contributed by atoms with van der Waals surface area (Å²) in [7, 11) is 1.14. The molecule has 1 atom stereocenters. The molecule has 0 saturated carbocycles. The van der Waals surface area contributed by atoms with Gasteiger partial charge in [-0.2, -0.15) is 38.1 Å². The number of alkyl halides is 7. The molecule has 1 aliphatic rings. The molecule has 0 fully saturated rings. The molecule has 0 spiro atoms. The Labute approximate surface area is 276 Å². The Morgan fingerprint density at radius 2 is 1.58 bits per heavy atom. The predicted molar refractivity (Wildman–Crippen MR) is 168 cm³/mol. The molecule has 0 unspecified atom stereocenters. The predicted octanol–water partition coefficient (Wildman–Crippen LogP) is 6.66. The first-order chi connectivity index (χ1) is 22.3. The fourth-order valence-electron chi connectivity index (χ4n) is 5.62. The van der Waals surface area contributed by atoms with E-state index in [0.717, 1.165) is 11.6 Å². The fourth-order valence-corrected chi connectivity index (χ4v) is 6.51. The van der Waals surface area contributed by atoms with Crippen molar-refractivity contribution >= 4 is 57.5 Å². The van der Waals surface area contributed by atoms with Gasteiger partial charge in [-0.1, -0.05) is 29.8 Å². The summed E-state index contributed by atoms with van der Waals surface area (Å²) in [4.78, 5) is 55.4. The molecule has 1 aliphatic heterocycles. The molecule has 5 rings (SSSR count). The molecule has 4 aromatic rings. The Hall–Kier alpha value is -4.31. The molecule has 8 nitrogen and oxygen atoms in total. The smallest absolute Gasteiger partial charge is 0.320 e. The van der Waals surface area contributed by atoms with Gasteiger partial charge in [-0.3, -0.25) is 23.5 Å². The summed E-state index contributed by atoms with van der Waals surface area (Å²) in [5.74, 6) is -0.813. The maximum Gasteiger partial charge on any atom is 0.435 e. The molecule has 3 aromatic carbocycles. The second kappa shape index (κ2) is 12.3. The van der Waals surface area contributed by atoms with Crippen LogP contribution in [0.4, 0.5) is 42.1 Å². The lowest BCUT2D eigenvalue weighted by Crippen LogP contribution is -2.50. The Kier molecular flexibility index (Phi) is 8.97. The average molecular weight is 717 g/mol. The molecule has 1 aromatic heterocycles. The van der Waals surface area contributed by atoms with Crippen molar-refractivity contribution < 1.29 is 40.3 Å². The fraction of sp³-hybridized carbons (Fsp3) is 0.290. The Morgan fingerprint density at radius 1 is 0.917 bits per heavy atom. The highest BCUT2D eigenvalue weighted by atomic mass is 35.5. The maximum absolute atomic E-state index is 14.9. The van der Waals surface area contributed by atoms with E-state index in [0.29, 0.717) is 16.4 Å². The van der Waals surface area contributed by atoms with Gasteiger partial charge in [0.15, 0.2) is 0 Å². The third-order valence-electron chi connectivity index (χ3n) is 7.98. The van der Waals surface area contributed by atoms with Crippen LogP contribution in [0.3, 0.4) is 0 Å². The molecule has 0 bridgehead atoms. The van der Waals surface area contributed by atoms with E-state index < -0.39 is 64.6 Å². The topological polar surface area (TPSA) is 93.4 Å². The first kappa shape index (κ1) is 35.0. The molecular formula is C31H24ClF7N4O4S. The van der Waals surface area contributed by atoms with Crippen molar-refractivity contribution in [1.29, 1.82) is 0 Å². The SMILES string of the molecule is CSC[C@H](C)N1C(=O)c2c(Cl)cccc2C(=O)Nc2ccc(Cn3c(=O)c4cc(C(F)(C(F)(F)F)C(F)(F)F)ccc4n(C)c3=O)cc21. The lowest BCUT2D eigenvalue weighted by Gasteiger charge is -2.33. The highest BCUT2D eigenvalue weighted by Gasteiger charge is 2.73. The third-order valence-corrected chi connectivity index (χ3v) is 9.11. The minimum absolute atomic E-state index is 0.0209. The van der Waals surface area contributed by atoms with Crippen LogP contribution in [0.5, 0.6) is 0 Å². The van der Waals surface area contributed by atoms with Gasteiger partial charge in [0.25, 0.3) is 17.4 Å². The molecule has 2 amide bonds. The lowest BCUT2D eigenvalue weighted by molar-refractivity contribution is -0.348. The van der Waals surface area contributed by atoms with Crippen molar-refractivity contribution in [3.8, 4) is 0 Å². The quantitative estimate of drug-likeness (QED) is 0.226. The number of anilines is 2. The van der Waals surface area contributed by atoms with Crippen LogP contribution in [0.25, 0.3) is 10.9 Å². The highest BCUT2D eigenvalue weighted by molar-refractivity contribution is 7.98. The van der Waals surface area contributed by atoms with Crippen LogP contribution in [-0.2, 0) is 19.3 Å². The van der Waals surface area contributed by atoms with Crippen LogP contribution >= 0.6 is 23.4 Å². The van der Waals surface area contributed by atoms with Crippen LogP contribution in [0.15, 0.2) is 64.2 Å². The molecule has 2 heterocycles. The first-order valence-electron chi connectivity index (χ1n) is 13.9. The zero-order valence-corrected chi connectivity index (χ0v) is 26.7. The number of halogens is 8. The molecule has 48 heavy (non-hydrogen) atoms. The number of aryl methyl sites for hydroxylation is 1. The second-order valence-corrected chi connectivity index (χ2v) is 12.4. The van der Waals surface area contributed by atoms with E-state index >= 15 is 0 Å². The summed E-state index contributed by atoms with van der Waals surface area (Å²) in [5, 5.41) is 1.98. The van der Waals surface area contributed by atoms with Gasteiger partial charge in [0.1, 0.15) is 0 Å². The van der Waals surface area contributed by atoms with Crippen LogP contribution in [0.1, 0.15) is 38.8 Å².